The number of nitrogens with one attached hydrogen (secondary N) is 1. The van der Waals surface area contributed by atoms with E-state index in [1.165, 1.54) is 11.1 Å². The van der Waals surface area contributed by atoms with E-state index in [4.69, 9.17) is 25.8 Å². The number of aryl methyl sites for hydroxylation is 1. The number of amides is 1. The highest BCUT2D eigenvalue weighted by Crippen LogP contribution is 2.49. The Labute approximate surface area is 320 Å². The molecule has 8 rings (SSSR count). The van der Waals surface area contributed by atoms with Crippen molar-refractivity contribution < 1.29 is 27.4 Å². The van der Waals surface area contributed by atoms with Crippen LogP contribution in [0.3, 0.4) is 0 Å². The molecule has 2 aromatic rings. The Morgan fingerprint density at radius 1 is 1.08 bits per heavy atom. The van der Waals surface area contributed by atoms with Gasteiger partial charge in [-0.2, -0.15) is 0 Å². The minimum atomic E-state index is -3.96. The molecular formula is C41H55ClN4O6S. The SMILES string of the molecule is CO[C@@]1(CN2CCN3CCOC[C@@H]3C2)/C=C\C[C@H](C)[C@@H](C)S(=O)(=O)NC(=O)c2ccc3c(c2)N(C[C@@H]2CC[C@H]21)C[C@@]1(CCCc2cc(Cl)ccc21)CO3. The van der Waals surface area contributed by atoms with Crippen LogP contribution in [0, 0.1) is 17.8 Å². The molecule has 53 heavy (non-hydrogen) atoms. The summed E-state index contributed by atoms with van der Waals surface area (Å²) in [7, 11) is -2.11. The summed E-state index contributed by atoms with van der Waals surface area (Å²) in [5.74, 6) is 0.458. The number of carbonyl (C=O) groups is 1. The lowest BCUT2D eigenvalue weighted by atomic mass is 9.63. The highest BCUT2D eigenvalue weighted by atomic mass is 35.5. The summed E-state index contributed by atoms with van der Waals surface area (Å²) < 4.78 is 49.0. The maximum absolute atomic E-state index is 13.7. The second kappa shape index (κ2) is 14.8. The molecule has 0 aromatic heterocycles. The van der Waals surface area contributed by atoms with Crippen molar-refractivity contribution >= 4 is 33.2 Å². The molecule has 4 heterocycles. The summed E-state index contributed by atoms with van der Waals surface area (Å²) in [5, 5.41) is -0.0335. The normalized spacial score (nSPS) is 35.4. The lowest BCUT2D eigenvalue weighted by Crippen LogP contribution is -2.62. The van der Waals surface area contributed by atoms with Crippen molar-refractivity contribution in [1.82, 2.24) is 14.5 Å². The van der Waals surface area contributed by atoms with Gasteiger partial charge in [-0.05, 0) is 105 Å². The van der Waals surface area contributed by atoms with E-state index in [1.807, 2.05) is 32.2 Å². The second-order valence-electron chi connectivity index (χ2n) is 16.7. The monoisotopic (exact) mass is 766 g/mol. The van der Waals surface area contributed by atoms with Crippen LogP contribution in [-0.2, 0) is 31.3 Å². The summed E-state index contributed by atoms with van der Waals surface area (Å²) in [6.45, 7) is 11.9. The third-order valence-corrected chi connectivity index (χ3v) is 15.8. The highest BCUT2D eigenvalue weighted by Gasteiger charge is 2.50. The van der Waals surface area contributed by atoms with Gasteiger partial charge in [0.05, 0.1) is 30.8 Å². The molecule has 1 spiro atoms. The van der Waals surface area contributed by atoms with Crippen molar-refractivity contribution in [2.24, 2.45) is 17.8 Å². The molecule has 1 N–H and O–H groups in total. The number of benzene rings is 2. The molecule has 4 aliphatic heterocycles. The number of anilines is 1. The van der Waals surface area contributed by atoms with Gasteiger partial charge < -0.3 is 19.1 Å². The fraction of sp³-hybridized carbons (Fsp3) is 0.634. The average Bonchev–Trinajstić information content (AvgIpc) is 3.28. The number of halogens is 1. The van der Waals surface area contributed by atoms with Gasteiger partial charge in [-0.15, -0.1) is 0 Å². The molecule has 6 aliphatic rings. The van der Waals surface area contributed by atoms with Crippen molar-refractivity contribution in [3.05, 3.63) is 70.3 Å². The summed E-state index contributed by atoms with van der Waals surface area (Å²) in [5.41, 5.74) is 2.88. The first kappa shape index (κ1) is 37.3. The molecule has 0 unspecified atom stereocenters. The number of hydrogen-bond acceptors (Lipinski definition) is 9. The first-order chi connectivity index (χ1) is 25.5. The molecule has 2 aromatic carbocycles. The average molecular weight is 767 g/mol. The summed E-state index contributed by atoms with van der Waals surface area (Å²) in [6.07, 6.45) is 10.1. The van der Waals surface area contributed by atoms with Crippen molar-refractivity contribution in [1.29, 1.82) is 0 Å². The standard InChI is InChI=1S/C41H55ClN4O6S/c1-28-6-4-15-41(50-3,26-44-16-17-45-18-19-51-24-34(45)23-44)36-11-8-32(36)22-46-25-40(14-5-7-30-20-33(42)10-12-35(30)40)27-52-38-13-9-31(21-37(38)46)39(47)43-53(48,49)29(28)2/h4,9-10,12-13,15,20-21,28-29,32,34,36H,5-8,11,14,16-19,22-27H2,1-3H3,(H,43,47)/b15-4-/t28-,29+,32-,34-,36+,40-,41+/m0/s1. The summed E-state index contributed by atoms with van der Waals surface area (Å²) in [6, 6.07) is 12.0. The fourth-order valence-corrected chi connectivity index (χ4v) is 11.6. The molecule has 2 aliphatic carbocycles. The number of fused-ring (bicyclic) bond motifs is 5. The van der Waals surface area contributed by atoms with Gasteiger partial charge in [-0.3, -0.25) is 14.6 Å². The molecule has 7 atom stereocenters. The molecule has 1 saturated carbocycles. The molecule has 2 bridgehead atoms. The first-order valence-corrected chi connectivity index (χ1v) is 21.6. The lowest BCUT2D eigenvalue weighted by Gasteiger charge is -2.53. The van der Waals surface area contributed by atoms with E-state index in [1.54, 1.807) is 13.0 Å². The summed E-state index contributed by atoms with van der Waals surface area (Å²) >= 11 is 6.51. The largest absolute Gasteiger partial charge is 0.490 e. The van der Waals surface area contributed by atoms with Crippen LogP contribution in [0.2, 0.25) is 5.02 Å². The number of hydrogen-bond donors (Lipinski definition) is 1. The molecule has 3 fully saturated rings. The Bertz CT molecular complexity index is 1840. The molecular weight excluding hydrogens is 712 g/mol. The Morgan fingerprint density at radius 3 is 2.75 bits per heavy atom. The van der Waals surface area contributed by atoms with E-state index in [-0.39, 0.29) is 17.3 Å². The number of methoxy groups -OCH3 is 1. The zero-order valence-electron chi connectivity index (χ0n) is 31.4. The third kappa shape index (κ3) is 7.15. The van der Waals surface area contributed by atoms with Gasteiger partial charge in [0.15, 0.2) is 0 Å². The maximum atomic E-state index is 13.7. The Morgan fingerprint density at radius 2 is 1.94 bits per heavy atom. The molecule has 10 nitrogen and oxygen atoms in total. The third-order valence-electron chi connectivity index (χ3n) is 13.6. The number of nitrogens with zero attached hydrogens (tertiary/aromatic N) is 3. The maximum Gasteiger partial charge on any atom is 0.264 e. The van der Waals surface area contributed by atoms with Gasteiger partial charge in [0.2, 0.25) is 10.0 Å². The minimum absolute atomic E-state index is 0.223. The van der Waals surface area contributed by atoms with Gasteiger partial charge in [-0.1, -0.05) is 36.7 Å². The fourth-order valence-electron chi connectivity index (χ4n) is 10.1. The first-order valence-electron chi connectivity index (χ1n) is 19.6. The van der Waals surface area contributed by atoms with Crippen molar-refractivity contribution in [3.8, 4) is 5.75 Å². The lowest BCUT2D eigenvalue weighted by molar-refractivity contribution is -0.108. The van der Waals surface area contributed by atoms with Crippen LogP contribution < -0.4 is 14.4 Å². The molecule has 1 amide bonds. The number of rotatable bonds is 3. The van der Waals surface area contributed by atoms with E-state index < -0.39 is 26.8 Å². The number of sulfonamides is 1. The number of carbonyl (C=O) groups excluding carboxylic acids is 1. The van der Waals surface area contributed by atoms with E-state index in [0.717, 1.165) is 102 Å². The van der Waals surface area contributed by atoms with Crippen LogP contribution in [0.25, 0.3) is 0 Å². The van der Waals surface area contributed by atoms with Crippen LogP contribution in [0.5, 0.6) is 5.75 Å². The second-order valence-corrected chi connectivity index (χ2v) is 19.2. The van der Waals surface area contributed by atoms with Crippen molar-refractivity contribution in [3.63, 3.8) is 0 Å². The zero-order chi connectivity index (χ0) is 37.0. The predicted molar refractivity (Wildman–Crippen MR) is 208 cm³/mol. The number of ether oxygens (including phenoxy) is 3. The molecule has 12 heteroatoms. The van der Waals surface area contributed by atoms with E-state index in [9.17, 15) is 13.2 Å². The number of allylic oxidation sites excluding steroid dienone is 1. The van der Waals surface area contributed by atoms with Crippen molar-refractivity contribution in [2.75, 3.05) is 77.6 Å². The number of piperazine rings is 1. The van der Waals surface area contributed by atoms with Crippen molar-refractivity contribution in [2.45, 2.75) is 74.7 Å². The van der Waals surface area contributed by atoms with E-state index in [0.29, 0.717) is 36.3 Å². The van der Waals surface area contributed by atoms with E-state index >= 15 is 0 Å². The van der Waals surface area contributed by atoms with Crippen LogP contribution in [-0.4, -0.2) is 114 Å². The van der Waals surface area contributed by atoms with Crippen LogP contribution >= 0.6 is 11.6 Å². The quantitative estimate of drug-likeness (QED) is 0.419. The highest BCUT2D eigenvalue weighted by molar-refractivity contribution is 7.90. The van der Waals surface area contributed by atoms with E-state index in [2.05, 4.69) is 43.7 Å². The van der Waals surface area contributed by atoms with Crippen LogP contribution in [0.4, 0.5) is 5.69 Å². The van der Waals surface area contributed by atoms with Gasteiger partial charge in [0, 0.05) is 75.0 Å². The smallest absolute Gasteiger partial charge is 0.264 e. The Balaban J connectivity index is 1.19. The predicted octanol–water partition coefficient (Wildman–Crippen LogP) is 5.29. The van der Waals surface area contributed by atoms with Gasteiger partial charge >= 0.3 is 0 Å². The number of morpholine rings is 1. The topological polar surface area (TPSA) is 101 Å². The Kier molecular flexibility index (Phi) is 10.4. The van der Waals surface area contributed by atoms with Crippen LogP contribution in [0.1, 0.15) is 67.4 Å². The molecule has 0 radical (unpaired) electrons. The van der Waals surface area contributed by atoms with Gasteiger partial charge in [0.25, 0.3) is 5.91 Å². The zero-order valence-corrected chi connectivity index (χ0v) is 33.0. The molecule has 2 saturated heterocycles. The van der Waals surface area contributed by atoms with Gasteiger partial charge in [-0.25, -0.2) is 13.1 Å². The van der Waals surface area contributed by atoms with Gasteiger partial charge in [0.1, 0.15) is 11.4 Å². The Hall–Kier alpha value is -2.67. The van der Waals surface area contributed by atoms with Crippen LogP contribution in [0.15, 0.2) is 48.6 Å². The minimum Gasteiger partial charge on any atom is -0.490 e. The summed E-state index contributed by atoms with van der Waals surface area (Å²) in [4.78, 5) is 21.2. The molecule has 288 valence electrons.